The van der Waals surface area contributed by atoms with Gasteiger partial charge in [-0.3, -0.25) is 18.9 Å². The van der Waals surface area contributed by atoms with Crippen molar-refractivity contribution in [2.75, 3.05) is 27.4 Å². The van der Waals surface area contributed by atoms with Crippen molar-refractivity contribution in [3.05, 3.63) is 32.6 Å². The van der Waals surface area contributed by atoms with Crippen LogP contribution >= 0.6 is 26.2 Å². The normalized spacial score (nSPS) is 25.7. The van der Waals surface area contributed by atoms with Crippen LogP contribution < -0.4 is 11.2 Å². The van der Waals surface area contributed by atoms with Crippen molar-refractivity contribution in [1.29, 1.82) is 5.26 Å². The van der Waals surface area contributed by atoms with E-state index in [0.717, 1.165) is 4.57 Å². The lowest BCUT2D eigenvalue weighted by atomic mass is 10.1. The monoisotopic (exact) mass is 514 g/mol. The molecule has 12 nitrogen and oxygen atoms in total. The Balaban J connectivity index is 2.40. The Morgan fingerprint density at radius 3 is 2.71 bits per heavy atom. The first-order chi connectivity index (χ1) is 14.7. The molecule has 1 aliphatic rings. The minimum Gasteiger partial charge on any atom is -0.374 e. The van der Waals surface area contributed by atoms with Crippen molar-refractivity contribution in [2.45, 2.75) is 37.9 Å². The first-order valence-electron chi connectivity index (χ1n) is 8.80. The van der Waals surface area contributed by atoms with Crippen molar-refractivity contribution in [1.82, 2.24) is 9.55 Å². The Kier molecular flexibility index (Phi) is 9.98. The fourth-order valence-electron chi connectivity index (χ4n) is 2.83. The summed E-state index contributed by atoms with van der Waals surface area (Å²) in [7, 11) is 0.421. The zero-order chi connectivity index (χ0) is 23.2. The Labute approximate surface area is 189 Å². The summed E-state index contributed by atoms with van der Waals surface area (Å²) in [5.74, 6) is 0. The predicted molar refractivity (Wildman–Crippen MR) is 116 cm³/mol. The molecule has 0 bridgehead atoms. The second kappa shape index (κ2) is 11.8. The van der Waals surface area contributed by atoms with Crippen molar-refractivity contribution in [3.63, 3.8) is 0 Å². The average Bonchev–Trinajstić information content (AvgIpc) is 3.06. The summed E-state index contributed by atoms with van der Waals surface area (Å²) in [6, 6.07) is 1.92. The largest absolute Gasteiger partial charge is 0.582 e. The van der Waals surface area contributed by atoms with E-state index in [0.29, 0.717) is 0 Å². The van der Waals surface area contributed by atoms with Crippen LogP contribution in [0.5, 0.6) is 0 Å². The molecule has 16 heteroatoms. The van der Waals surface area contributed by atoms with Crippen LogP contribution in [0.4, 0.5) is 0 Å². The van der Waals surface area contributed by atoms with Gasteiger partial charge in [0.15, 0.2) is 6.23 Å². The third kappa shape index (κ3) is 6.76. The molecule has 1 aliphatic heterocycles. The summed E-state index contributed by atoms with van der Waals surface area (Å²) < 4.78 is 45.6. The predicted octanol–water partition coefficient (Wildman–Crippen LogP) is 1.55. The molecular weight excluding hydrogens is 492 g/mol. The van der Waals surface area contributed by atoms with Crippen LogP contribution in [0.25, 0.3) is 0 Å². The molecule has 6 atom stereocenters. The fourth-order valence-corrected chi connectivity index (χ4v) is 4.95. The van der Waals surface area contributed by atoms with Crippen molar-refractivity contribution in [2.24, 2.45) is 0 Å². The number of nitrogens with one attached hydrogen (secondary N) is 1. The molecule has 1 fully saturated rings. The number of aromatic nitrogens is 2. The Hall–Kier alpha value is -0.970. The topological polar surface area (TPSA) is 151 Å². The first-order valence-corrected chi connectivity index (χ1v) is 13.7. The van der Waals surface area contributed by atoms with Gasteiger partial charge in [0.25, 0.3) is 5.56 Å². The maximum absolute atomic E-state index is 12.4. The Morgan fingerprint density at radius 1 is 1.42 bits per heavy atom. The molecule has 0 amide bonds. The van der Waals surface area contributed by atoms with Gasteiger partial charge in [-0.15, -0.1) is 4.52 Å². The fraction of sp³-hybridized carbons (Fsp3) is 0.667. The van der Waals surface area contributed by atoms with Gasteiger partial charge in [-0.1, -0.05) is 0 Å². The molecule has 0 saturated carbocycles. The van der Waals surface area contributed by atoms with Gasteiger partial charge in [0, 0.05) is 26.0 Å². The van der Waals surface area contributed by atoms with Crippen LogP contribution in [-0.2, 0) is 43.9 Å². The molecule has 0 radical (unpaired) electrons. The number of aryl methyl sites for hydroxylation is 1. The third-order valence-corrected chi connectivity index (χ3v) is 7.45. The molecule has 2 rings (SSSR count). The summed E-state index contributed by atoms with van der Waals surface area (Å²) in [5, 5.41) is 8.71. The lowest BCUT2D eigenvalue weighted by Gasteiger charge is -2.28. The lowest BCUT2D eigenvalue weighted by Crippen LogP contribution is -2.40. The number of hydrogen-bond donors (Lipinski definition) is 2. The molecule has 0 aliphatic carbocycles. The maximum Gasteiger partial charge on any atom is 0.582 e. The minimum atomic E-state index is -3.33. The van der Waals surface area contributed by atoms with E-state index in [9.17, 15) is 14.2 Å². The molecule has 31 heavy (non-hydrogen) atoms. The van der Waals surface area contributed by atoms with Crippen LogP contribution in [0.1, 0.15) is 18.2 Å². The summed E-state index contributed by atoms with van der Waals surface area (Å²) in [6.45, 7) is -2.05. The van der Waals surface area contributed by atoms with Crippen LogP contribution in [0.2, 0.25) is 0 Å². The summed E-state index contributed by atoms with van der Waals surface area (Å²) in [6.07, 6.45) is -2.42. The van der Waals surface area contributed by atoms with Gasteiger partial charge in [-0.2, -0.15) is 5.26 Å². The number of nitrogens with zero attached hydrogens (tertiary/aromatic N) is 2. The van der Waals surface area contributed by atoms with E-state index >= 15 is 0 Å². The van der Waals surface area contributed by atoms with E-state index in [4.69, 9.17) is 44.6 Å². The quantitative estimate of drug-likeness (QED) is 0.251. The van der Waals surface area contributed by atoms with Gasteiger partial charge in [-0.05, 0) is 23.3 Å². The van der Waals surface area contributed by atoms with E-state index in [-0.39, 0.29) is 25.2 Å². The number of ether oxygens (including phenoxy) is 2. The number of thiol groups is 1. The van der Waals surface area contributed by atoms with Crippen molar-refractivity contribution < 1.29 is 32.1 Å². The van der Waals surface area contributed by atoms with E-state index in [1.165, 1.54) is 27.3 Å². The first kappa shape index (κ1) is 26.3. The van der Waals surface area contributed by atoms with Crippen LogP contribution in [0, 0.1) is 18.3 Å². The molecule has 2 heterocycles. The highest BCUT2D eigenvalue weighted by atomic mass is 32.7. The molecule has 1 aromatic rings. The third-order valence-electron chi connectivity index (χ3n) is 4.26. The molecule has 0 aromatic carbocycles. The van der Waals surface area contributed by atoms with Gasteiger partial charge in [0.2, 0.25) is 0 Å². The highest BCUT2D eigenvalue weighted by Crippen LogP contribution is 2.53. The molecule has 1 N–H and O–H groups in total. The molecular formula is C15H22N3O9P2S2+. The van der Waals surface area contributed by atoms with Crippen LogP contribution in [0.15, 0.2) is 15.8 Å². The maximum atomic E-state index is 12.4. The van der Waals surface area contributed by atoms with E-state index in [1.54, 1.807) is 0 Å². The molecule has 0 spiro atoms. The molecule has 172 valence electrons. The second-order valence-corrected chi connectivity index (χ2v) is 11.0. The van der Waals surface area contributed by atoms with E-state index in [2.05, 4.69) is 17.2 Å². The van der Waals surface area contributed by atoms with Crippen molar-refractivity contribution in [3.8, 4) is 6.07 Å². The SMILES string of the molecule is CO[C@H]1C(OP(=S)(OC)OCCC#N)[C@@H](CO[P+](=O)S)O[C@H]1n1cc(C)c(=O)[nH]c1=O. The Morgan fingerprint density at radius 2 is 2.13 bits per heavy atom. The lowest BCUT2D eigenvalue weighted by molar-refractivity contribution is -0.0597. The number of methoxy groups -OCH3 is 1. The average molecular weight is 514 g/mol. The highest BCUT2D eigenvalue weighted by molar-refractivity contribution is 8.39. The number of aromatic amines is 1. The molecule has 1 saturated heterocycles. The summed E-state index contributed by atoms with van der Waals surface area (Å²) in [5.41, 5.74) is -0.982. The van der Waals surface area contributed by atoms with Gasteiger partial charge in [0.05, 0.1) is 19.1 Å². The minimum absolute atomic E-state index is 0.0154. The van der Waals surface area contributed by atoms with Gasteiger partial charge in [-0.25, -0.2) is 4.79 Å². The highest BCUT2D eigenvalue weighted by Gasteiger charge is 2.50. The summed E-state index contributed by atoms with van der Waals surface area (Å²) in [4.78, 5) is 26.3. The standard InChI is InChI=1S/C15H21N3O9P2S2/c1-9-7-18(15(20)17-13(9)19)14-12(22-2)11(10(26-14)8-24-28(21)30)27-29(31,23-3)25-6-4-5-16/h7,10-12,14H,4,6,8H2,1-3H3,(H-,17,19,20,21,30)/p+1/t10-,11?,12+,14-,29?/m1/s1. The van der Waals surface area contributed by atoms with Crippen LogP contribution in [-0.4, -0.2) is 55.3 Å². The van der Waals surface area contributed by atoms with Gasteiger partial charge < -0.3 is 18.5 Å². The zero-order valence-electron chi connectivity index (χ0n) is 16.8. The molecule has 1 aromatic heterocycles. The van der Waals surface area contributed by atoms with Crippen LogP contribution in [0.3, 0.4) is 0 Å². The second-order valence-electron chi connectivity index (χ2n) is 6.22. The number of rotatable bonds is 11. The Bertz CT molecular complexity index is 995. The summed E-state index contributed by atoms with van der Waals surface area (Å²) >= 11 is 9.07. The van der Waals surface area contributed by atoms with E-state index < -0.39 is 49.7 Å². The zero-order valence-corrected chi connectivity index (χ0v) is 20.3. The van der Waals surface area contributed by atoms with E-state index in [1.807, 2.05) is 6.07 Å². The molecule has 3 unspecified atom stereocenters. The number of H-pyrrole nitrogens is 1. The van der Waals surface area contributed by atoms with Gasteiger partial charge >= 0.3 is 19.6 Å². The van der Waals surface area contributed by atoms with Gasteiger partial charge in [0.1, 0.15) is 37.2 Å². The smallest absolute Gasteiger partial charge is 0.374 e. The van der Waals surface area contributed by atoms with Crippen molar-refractivity contribution >= 4 is 38.0 Å². The number of nitriles is 1. The number of hydrogen-bond acceptors (Lipinski definition) is 11.